The topological polar surface area (TPSA) is 105 Å². The van der Waals surface area contributed by atoms with Crippen LogP contribution in [0.5, 0.6) is 11.6 Å². The summed E-state index contributed by atoms with van der Waals surface area (Å²) in [6, 6.07) is 6.44. The Labute approximate surface area is 107 Å². The molecule has 0 aliphatic heterocycles. The fraction of sp³-hybridized carbons (Fsp3) is 0. The van der Waals surface area contributed by atoms with Crippen molar-refractivity contribution in [1.82, 2.24) is 9.97 Å². The molecule has 90 valence electrons. The monoisotopic (exact) mass is 262 g/mol. The quantitative estimate of drug-likeness (QED) is 0.801. The van der Waals surface area contributed by atoms with E-state index in [0.29, 0.717) is 5.56 Å². The lowest BCUT2D eigenvalue weighted by Gasteiger charge is -2.07. The first-order valence-electron chi connectivity index (χ1n) is 4.82. The number of nitrogens with zero attached hydrogens (tertiary/aromatic N) is 2. The molecule has 0 unspecified atom stereocenters. The fourth-order valence-corrected chi connectivity index (χ4v) is 1.39. The summed E-state index contributed by atoms with van der Waals surface area (Å²) in [6.07, 6.45) is 1.17. The molecule has 2 aromatic rings. The number of benzene rings is 1. The van der Waals surface area contributed by atoms with E-state index in [1.165, 1.54) is 24.5 Å². The molecule has 3 N–H and O–H groups in total. The average Bonchev–Trinajstić information content (AvgIpc) is 2.37. The highest BCUT2D eigenvalue weighted by Gasteiger charge is 2.10. The maximum absolute atomic E-state index is 11.2. The van der Waals surface area contributed by atoms with Gasteiger partial charge in [0.1, 0.15) is 0 Å². The predicted octanol–water partition coefficient (Wildman–Crippen LogP) is 1.67. The molecule has 1 aromatic heterocycles. The highest BCUT2D eigenvalue weighted by atomic mass is 35.5. The summed E-state index contributed by atoms with van der Waals surface area (Å²) in [5.74, 6) is 0.228. The fourth-order valence-electron chi connectivity index (χ4n) is 1.25. The van der Waals surface area contributed by atoms with Gasteiger partial charge in [0.15, 0.2) is 10.8 Å². The molecule has 2 rings (SSSR count). The van der Waals surface area contributed by atoms with Gasteiger partial charge in [0.2, 0.25) is 5.88 Å². The van der Waals surface area contributed by atoms with Crippen LogP contribution in [0.3, 0.4) is 0 Å². The van der Waals surface area contributed by atoms with E-state index in [2.05, 4.69) is 9.97 Å². The van der Waals surface area contributed by atoms with E-state index in [9.17, 15) is 4.79 Å². The molecule has 0 amide bonds. The third-order valence-electron chi connectivity index (χ3n) is 2.11. The van der Waals surface area contributed by atoms with Gasteiger partial charge in [0, 0.05) is 0 Å². The first-order valence-corrected chi connectivity index (χ1v) is 5.20. The number of halogens is 1. The second kappa shape index (κ2) is 4.77. The Morgan fingerprint density at radius 1 is 1.50 bits per heavy atom. The molecule has 0 radical (unpaired) electrons. The lowest BCUT2D eigenvalue weighted by molar-refractivity contribution is 0.463. The Balaban J connectivity index is 2.38. The SMILES string of the molecule is N#Cc1ccc(Oc2nc[nH]c(=O)c2Cl)c(N)c1. The average molecular weight is 263 g/mol. The second-order valence-electron chi connectivity index (χ2n) is 3.32. The van der Waals surface area contributed by atoms with Gasteiger partial charge < -0.3 is 15.5 Å². The molecule has 0 aliphatic rings. The zero-order chi connectivity index (χ0) is 13.1. The van der Waals surface area contributed by atoms with Gasteiger partial charge in [-0.05, 0) is 18.2 Å². The third kappa shape index (κ3) is 2.26. The van der Waals surface area contributed by atoms with Crippen molar-refractivity contribution in [3.63, 3.8) is 0 Å². The summed E-state index contributed by atoms with van der Waals surface area (Å²) in [5, 5.41) is 8.53. The maximum Gasteiger partial charge on any atom is 0.273 e. The highest BCUT2D eigenvalue weighted by molar-refractivity contribution is 6.31. The number of hydrogen-bond acceptors (Lipinski definition) is 5. The number of aromatic amines is 1. The first-order chi connectivity index (χ1) is 8.61. The van der Waals surface area contributed by atoms with Crippen molar-refractivity contribution in [2.24, 2.45) is 0 Å². The van der Waals surface area contributed by atoms with E-state index >= 15 is 0 Å². The summed E-state index contributed by atoms with van der Waals surface area (Å²) in [5.41, 5.74) is 5.86. The zero-order valence-electron chi connectivity index (χ0n) is 8.98. The molecule has 0 bridgehead atoms. The van der Waals surface area contributed by atoms with Gasteiger partial charge in [-0.3, -0.25) is 4.79 Å². The van der Waals surface area contributed by atoms with Crippen molar-refractivity contribution in [3.05, 3.63) is 45.5 Å². The summed E-state index contributed by atoms with van der Waals surface area (Å²) in [6.45, 7) is 0. The molecule has 0 atom stereocenters. The summed E-state index contributed by atoms with van der Waals surface area (Å²) in [7, 11) is 0. The van der Waals surface area contributed by atoms with E-state index in [4.69, 9.17) is 27.3 Å². The number of aromatic nitrogens is 2. The Bertz CT molecular complexity index is 690. The largest absolute Gasteiger partial charge is 0.435 e. The van der Waals surface area contributed by atoms with E-state index in [0.717, 1.165) is 0 Å². The van der Waals surface area contributed by atoms with Crippen molar-refractivity contribution in [2.75, 3.05) is 5.73 Å². The molecule has 0 saturated carbocycles. The van der Waals surface area contributed by atoms with Gasteiger partial charge in [-0.1, -0.05) is 11.6 Å². The highest BCUT2D eigenvalue weighted by Crippen LogP contribution is 2.29. The van der Waals surface area contributed by atoms with Gasteiger partial charge in [-0.2, -0.15) is 5.26 Å². The predicted molar refractivity (Wildman–Crippen MR) is 65.5 cm³/mol. The number of H-pyrrole nitrogens is 1. The van der Waals surface area contributed by atoms with Crippen LogP contribution in [0.25, 0.3) is 0 Å². The number of ether oxygens (including phenoxy) is 1. The number of nitrogen functional groups attached to an aromatic ring is 1. The van der Waals surface area contributed by atoms with E-state index < -0.39 is 5.56 Å². The second-order valence-corrected chi connectivity index (χ2v) is 3.70. The molecule has 0 aliphatic carbocycles. The number of nitrogens with one attached hydrogen (secondary N) is 1. The molecule has 0 fully saturated rings. The van der Waals surface area contributed by atoms with Crippen LogP contribution in [-0.4, -0.2) is 9.97 Å². The number of rotatable bonds is 2. The Hall–Kier alpha value is -2.52. The molecule has 1 aromatic carbocycles. The molecule has 1 heterocycles. The number of hydrogen-bond donors (Lipinski definition) is 2. The Kier molecular flexibility index (Phi) is 3.17. The zero-order valence-corrected chi connectivity index (χ0v) is 9.73. The van der Waals surface area contributed by atoms with Crippen LogP contribution >= 0.6 is 11.6 Å². The third-order valence-corrected chi connectivity index (χ3v) is 2.44. The van der Waals surface area contributed by atoms with E-state index in [-0.39, 0.29) is 22.3 Å². The minimum Gasteiger partial charge on any atom is -0.435 e. The van der Waals surface area contributed by atoms with Crippen LogP contribution in [0.15, 0.2) is 29.3 Å². The normalized spacial score (nSPS) is 9.78. The number of anilines is 1. The molecular weight excluding hydrogens is 256 g/mol. The van der Waals surface area contributed by atoms with Gasteiger partial charge in [-0.15, -0.1) is 0 Å². The lowest BCUT2D eigenvalue weighted by Crippen LogP contribution is -2.08. The first kappa shape index (κ1) is 12.0. The van der Waals surface area contributed by atoms with Crippen molar-refractivity contribution in [2.45, 2.75) is 0 Å². The van der Waals surface area contributed by atoms with Crippen molar-refractivity contribution in [3.8, 4) is 17.7 Å². The van der Waals surface area contributed by atoms with Gasteiger partial charge >= 0.3 is 0 Å². The number of nitriles is 1. The van der Waals surface area contributed by atoms with E-state index in [1.54, 1.807) is 0 Å². The number of nitrogens with two attached hydrogens (primary N) is 1. The summed E-state index contributed by atoms with van der Waals surface area (Å²) in [4.78, 5) is 17.3. The van der Waals surface area contributed by atoms with Crippen LogP contribution in [0, 0.1) is 11.3 Å². The standard InChI is InChI=1S/C11H7ClN4O2/c12-9-10(17)15-5-16-11(9)18-8-2-1-6(4-13)3-7(8)14/h1-3,5H,14H2,(H,15,16,17). The van der Waals surface area contributed by atoms with Gasteiger partial charge in [0.05, 0.1) is 23.6 Å². The van der Waals surface area contributed by atoms with Gasteiger partial charge in [-0.25, -0.2) is 4.98 Å². The van der Waals surface area contributed by atoms with E-state index in [1.807, 2.05) is 6.07 Å². The van der Waals surface area contributed by atoms with Crippen molar-refractivity contribution in [1.29, 1.82) is 5.26 Å². The maximum atomic E-state index is 11.2. The van der Waals surface area contributed by atoms with Gasteiger partial charge in [0.25, 0.3) is 5.56 Å². The van der Waals surface area contributed by atoms with Crippen LogP contribution in [0.4, 0.5) is 5.69 Å². The molecule has 18 heavy (non-hydrogen) atoms. The summed E-state index contributed by atoms with van der Waals surface area (Å²) < 4.78 is 5.32. The van der Waals surface area contributed by atoms with Crippen LogP contribution in [-0.2, 0) is 0 Å². The van der Waals surface area contributed by atoms with Crippen LogP contribution < -0.4 is 16.0 Å². The molecule has 0 saturated heterocycles. The van der Waals surface area contributed by atoms with Crippen molar-refractivity contribution < 1.29 is 4.74 Å². The Morgan fingerprint density at radius 2 is 2.28 bits per heavy atom. The van der Waals surface area contributed by atoms with Crippen LogP contribution in [0.1, 0.15) is 5.56 Å². The minimum atomic E-state index is -0.506. The smallest absolute Gasteiger partial charge is 0.273 e. The molecule has 6 nitrogen and oxygen atoms in total. The molecule has 0 spiro atoms. The van der Waals surface area contributed by atoms with Crippen molar-refractivity contribution >= 4 is 17.3 Å². The Morgan fingerprint density at radius 3 is 2.94 bits per heavy atom. The minimum absolute atomic E-state index is 0.0446. The van der Waals surface area contributed by atoms with Crippen LogP contribution in [0.2, 0.25) is 5.02 Å². The summed E-state index contributed by atoms with van der Waals surface area (Å²) >= 11 is 5.73. The lowest BCUT2D eigenvalue weighted by atomic mass is 10.2. The molecular formula is C11H7ClN4O2. The molecule has 7 heteroatoms.